The van der Waals surface area contributed by atoms with E-state index in [1.54, 1.807) is 12.1 Å². The number of halogens is 2. The zero-order valence-electron chi connectivity index (χ0n) is 12.1. The van der Waals surface area contributed by atoms with E-state index in [2.05, 4.69) is 18.8 Å². The summed E-state index contributed by atoms with van der Waals surface area (Å²) in [6, 6.07) is 4.76. The third kappa shape index (κ3) is 6.82. The molecule has 1 rings (SSSR count). The molecule has 0 amide bonds. The fourth-order valence-electron chi connectivity index (χ4n) is 1.89. The van der Waals surface area contributed by atoms with Gasteiger partial charge in [-0.05, 0) is 18.6 Å². The molecule has 0 aliphatic rings. The second-order valence-electron chi connectivity index (χ2n) is 4.69. The zero-order chi connectivity index (χ0) is 14.6. The van der Waals surface area contributed by atoms with Gasteiger partial charge in [0.25, 0.3) is 0 Å². The molecule has 0 radical (unpaired) electrons. The number of benzene rings is 1. The molecule has 1 aromatic carbocycles. The maximum atomic E-state index is 13.7. The normalized spacial score (nSPS) is 9.95. The van der Waals surface area contributed by atoms with Crippen LogP contribution in [0.3, 0.4) is 0 Å². The topological polar surface area (TPSA) is 9.23 Å². The molecular weight excluding hydrogens is 275 g/mol. The lowest BCUT2D eigenvalue weighted by atomic mass is 10.1. The first-order valence-corrected chi connectivity index (χ1v) is 7.78. The predicted octanol–water partition coefficient (Wildman–Crippen LogP) is 5.16. The molecule has 0 bridgehead atoms. The summed E-state index contributed by atoms with van der Waals surface area (Å²) in [5, 5.41) is 0. The van der Waals surface area contributed by atoms with Gasteiger partial charge in [-0.15, -0.1) is 11.6 Å². The lowest BCUT2D eigenvalue weighted by Gasteiger charge is -2.06. The van der Waals surface area contributed by atoms with Crippen molar-refractivity contribution in [3.05, 3.63) is 29.6 Å². The van der Waals surface area contributed by atoms with Crippen LogP contribution in [0, 0.1) is 17.7 Å². The van der Waals surface area contributed by atoms with Crippen LogP contribution in [-0.2, 0) is 0 Å². The molecule has 0 unspecified atom stereocenters. The standard InChI is InChI=1S/C17H22ClFO/c1-2-3-4-5-6-7-13-20-16-11-10-15(9-8-12-18)17(19)14-16/h10-11,14H,2-7,12-13H2,1H3. The van der Waals surface area contributed by atoms with Crippen molar-refractivity contribution in [3.8, 4) is 17.6 Å². The van der Waals surface area contributed by atoms with Crippen LogP contribution in [0.5, 0.6) is 5.75 Å². The Bertz CT molecular complexity index is 448. The van der Waals surface area contributed by atoms with Gasteiger partial charge in [0.15, 0.2) is 0 Å². The smallest absolute Gasteiger partial charge is 0.142 e. The number of hydrogen-bond donors (Lipinski definition) is 0. The Morgan fingerprint density at radius 2 is 1.90 bits per heavy atom. The largest absolute Gasteiger partial charge is 0.493 e. The minimum atomic E-state index is -0.358. The maximum Gasteiger partial charge on any atom is 0.142 e. The summed E-state index contributed by atoms with van der Waals surface area (Å²) in [6.45, 7) is 2.84. The summed E-state index contributed by atoms with van der Waals surface area (Å²) in [5.74, 6) is 5.72. The Hall–Kier alpha value is -1.20. The molecule has 1 aromatic rings. The molecule has 0 saturated carbocycles. The molecule has 0 aliphatic heterocycles. The number of ether oxygens (including phenoxy) is 1. The first-order chi connectivity index (χ1) is 9.77. The zero-order valence-corrected chi connectivity index (χ0v) is 12.8. The summed E-state index contributed by atoms with van der Waals surface area (Å²) in [4.78, 5) is 0. The van der Waals surface area contributed by atoms with Crippen LogP contribution in [0.2, 0.25) is 0 Å². The molecule has 1 nitrogen and oxygen atoms in total. The van der Waals surface area contributed by atoms with Crippen molar-refractivity contribution in [3.63, 3.8) is 0 Å². The average Bonchev–Trinajstić information content (AvgIpc) is 2.45. The molecule has 0 aliphatic carbocycles. The van der Waals surface area contributed by atoms with Crippen LogP contribution in [0.4, 0.5) is 4.39 Å². The summed E-state index contributed by atoms with van der Waals surface area (Å²) >= 11 is 5.44. The van der Waals surface area contributed by atoms with Gasteiger partial charge in [-0.2, -0.15) is 0 Å². The maximum absolute atomic E-state index is 13.7. The Labute approximate surface area is 126 Å². The molecule has 0 N–H and O–H groups in total. The molecule has 0 aromatic heterocycles. The van der Waals surface area contributed by atoms with E-state index in [0.29, 0.717) is 17.9 Å². The van der Waals surface area contributed by atoms with Crippen molar-refractivity contribution < 1.29 is 9.13 Å². The molecule has 0 spiro atoms. The fourth-order valence-corrected chi connectivity index (χ4v) is 1.95. The highest BCUT2D eigenvalue weighted by Gasteiger charge is 2.02. The lowest BCUT2D eigenvalue weighted by Crippen LogP contribution is -1.98. The molecule has 0 fully saturated rings. The van der Waals surface area contributed by atoms with E-state index >= 15 is 0 Å². The average molecular weight is 297 g/mol. The molecule has 0 atom stereocenters. The quantitative estimate of drug-likeness (QED) is 0.366. The van der Waals surface area contributed by atoms with Crippen LogP contribution in [0.25, 0.3) is 0 Å². The van der Waals surface area contributed by atoms with E-state index < -0.39 is 0 Å². The van der Waals surface area contributed by atoms with Crippen LogP contribution >= 0.6 is 11.6 Å². The third-order valence-corrected chi connectivity index (χ3v) is 3.13. The lowest BCUT2D eigenvalue weighted by molar-refractivity contribution is 0.303. The fraction of sp³-hybridized carbons (Fsp3) is 0.529. The van der Waals surface area contributed by atoms with Crippen LogP contribution in [0.15, 0.2) is 18.2 Å². The first-order valence-electron chi connectivity index (χ1n) is 7.25. The third-order valence-electron chi connectivity index (χ3n) is 3.00. The second-order valence-corrected chi connectivity index (χ2v) is 4.96. The highest BCUT2D eigenvalue weighted by Crippen LogP contribution is 2.16. The van der Waals surface area contributed by atoms with E-state index in [-0.39, 0.29) is 11.7 Å². The Kier molecular flexibility index (Phi) is 8.91. The van der Waals surface area contributed by atoms with Crippen molar-refractivity contribution in [1.29, 1.82) is 0 Å². The highest BCUT2D eigenvalue weighted by atomic mass is 35.5. The molecular formula is C17H22ClFO. The number of unbranched alkanes of at least 4 members (excludes halogenated alkanes) is 5. The minimum Gasteiger partial charge on any atom is -0.493 e. The molecule has 3 heteroatoms. The Morgan fingerprint density at radius 1 is 1.15 bits per heavy atom. The first kappa shape index (κ1) is 16.9. The summed E-state index contributed by atoms with van der Waals surface area (Å²) < 4.78 is 19.2. The Morgan fingerprint density at radius 3 is 2.60 bits per heavy atom. The van der Waals surface area contributed by atoms with Gasteiger partial charge < -0.3 is 4.74 Å². The monoisotopic (exact) mass is 296 g/mol. The number of alkyl halides is 1. The van der Waals surface area contributed by atoms with E-state index in [1.165, 1.54) is 38.2 Å². The second kappa shape index (κ2) is 10.6. The van der Waals surface area contributed by atoms with E-state index in [0.717, 1.165) is 6.42 Å². The van der Waals surface area contributed by atoms with Gasteiger partial charge in [-0.1, -0.05) is 50.9 Å². The highest BCUT2D eigenvalue weighted by molar-refractivity contribution is 6.19. The van der Waals surface area contributed by atoms with Crippen molar-refractivity contribution in [2.45, 2.75) is 45.4 Å². The van der Waals surface area contributed by atoms with Crippen molar-refractivity contribution in [1.82, 2.24) is 0 Å². The van der Waals surface area contributed by atoms with Crippen LogP contribution < -0.4 is 4.74 Å². The minimum absolute atomic E-state index is 0.204. The molecule has 20 heavy (non-hydrogen) atoms. The van der Waals surface area contributed by atoms with Gasteiger partial charge in [0.05, 0.1) is 18.1 Å². The van der Waals surface area contributed by atoms with E-state index in [1.807, 2.05) is 0 Å². The van der Waals surface area contributed by atoms with Gasteiger partial charge in [-0.3, -0.25) is 0 Å². The van der Waals surface area contributed by atoms with Crippen LogP contribution in [-0.4, -0.2) is 12.5 Å². The van der Waals surface area contributed by atoms with Gasteiger partial charge in [0.2, 0.25) is 0 Å². The van der Waals surface area contributed by atoms with Gasteiger partial charge in [0.1, 0.15) is 11.6 Å². The number of rotatable bonds is 8. The predicted molar refractivity (Wildman–Crippen MR) is 82.9 cm³/mol. The van der Waals surface area contributed by atoms with E-state index in [9.17, 15) is 4.39 Å². The SMILES string of the molecule is CCCCCCCCOc1ccc(C#CCCl)c(F)c1. The van der Waals surface area contributed by atoms with Crippen molar-refractivity contribution in [2.75, 3.05) is 12.5 Å². The summed E-state index contributed by atoms with van der Waals surface area (Å²) in [7, 11) is 0. The summed E-state index contributed by atoms with van der Waals surface area (Å²) in [5.41, 5.74) is 0.359. The summed E-state index contributed by atoms with van der Waals surface area (Å²) in [6.07, 6.45) is 7.28. The van der Waals surface area contributed by atoms with Crippen molar-refractivity contribution in [2.24, 2.45) is 0 Å². The van der Waals surface area contributed by atoms with Gasteiger partial charge >= 0.3 is 0 Å². The molecule has 0 heterocycles. The van der Waals surface area contributed by atoms with Gasteiger partial charge in [0, 0.05) is 6.07 Å². The van der Waals surface area contributed by atoms with E-state index in [4.69, 9.17) is 16.3 Å². The molecule has 0 saturated heterocycles. The number of hydrogen-bond acceptors (Lipinski definition) is 1. The van der Waals surface area contributed by atoms with Crippen molar-refractivity contribution >= 4 is 11.6 Å². The molecule has 110 valence electrons. The van der Waals surface area contributed by atoms with Crippen LogP contribution in [0.1, 0.15) is 51.0 Å². The Balaban J connectivity index is 2.29. The van der Waals surface area contributed by atoms with Gasteiger partial charge in [-0.25, -0.2) is 4.39 Å².